The zero-order valence-electron chi connectivity index (χ0n) is 7.89. The quantitative estimate of drug-likeness (QED) is 0.681. The molecule has 0 heterocycles. The maximum Gasteiger partial charge on any atom is 0.502 e. The lowest BCUT2D eigenvalue weighted by molar-refractivity contribution is -0.387. The SMILES string of the molecule is O=C(O)C(F)(F)Oc1ccc(Br)cc1[N+](=O)[O-]. The Labute approximate surface area is 101 Å². The van der Waals surface area contributed by atoms with E-state index < -0.39 is 28.4 Å². The molecule has 0 spiro atoms. The number of hydrogen-bond donors (Lipinski definition) is 1. The molecule has 0 aliphatic heterocycles. The molecule has 1 aromatic rings. The summed E-state index contributed by atoms with van der Waals surface area (Å²) in [4.78, 5) is 19.7. The molecule has 0 fully saturated rings. The minimum Gasteiger partial charge on any atom is -0.474 e. The normalized spacial score (nSPS) is 11.0. The van der Waals surface area contributed by atoms with Gasteiger partial charge in [-0.1, -0.05) is 15.9 Å². The van der Waals surface area contributed by atoms with Crippen LogP contribution in [0.25, 0.3) is 0 Å². The molecule has 0 atom stereocenters. The highest BCUT2D eigenvalue weighted by Gasteiger charge is 2.43. The number of carbonyl (C=O) groups is 1. The number of hydrogen-bond acceptors (Lipinski definition) is 4. The van der Waals surface area contributed by atoms with Crippen LogP contribution in [0.3, 0.4) is 0 Å². The number of carboxylic acid groups (broad SMARTS) is 1. The number of nitro benzene ring substituents is 1. The Hall–Kier alpha value is -1.77. The Morgan fingerprint density at radius 1 is 1.53 bits per heavy atom. The van der Waals surface area contributed by atoms with Crippen LogP contribution in [-0.2, 0) is 4.79 Å². The molecule has 1 N–H and O–H groups in total. The molecular formula is C8H4BrF2NO5. The Bertz CT molecular complexity index is 479. The van der Waals surface area contributed by atoms with E-state index in [1.165, 1.54) is 6.07 Å². The number of halogens is 3. The summed E-state index contributed by atoms with van der Waals surface area (Å²) in [5, 5.41) is 18.7. The molecule has 0 aliphatic rings. The van der Waals surface area contributed by atoms with Crippen molar-refractivity contribution in [2.75, 3.05) is 0 Å². The lowest BCUT2D eigenvalue weighted by Crippen LogP contribution is -2.34. The van der Waals surface area contributed by atoms with Gasteiger partial charge in [-0.2, -0.15) is 8.78 Å². The number of rotatable bonds is 4. The van der Waals surface area contributed by atoms with E-state index in [1.54, 1.807) is 0 Å². The van der Waals surface area contributed by atoms with Gasteiger partial charge in [0.2, 0.25) is 5.75 Å². The first kappa shape index (κ1) is 13.3. The number of aliphatic carboxylic acids is 1. The standard InChI is InChI=1S/C8H4BrF2NO5/c9-4-1-2-6(5(3-4)12(15)16)17-8(10,11)7(13)14/h1-3H,(H,13,14). The van der Waals surface area contributed by atoms with Gasteiger partial charge in [-0.25, -0.2) is 4.79 Å². The smallest absolute Gasteiger partial charge is 0.474 e. The number of benzene rings is 1. The molecular weight excluding hydrogens is 308 g/mol. The zero-order chi connectivity index (χ0) is 13.2. The fraction of sp³-hybridized carbons (Fsp3) is 0.125. The van der Waals surface area contributed by atoms with Gasteiger partial charge in [0.15, 0.2) is 0 Å². The van der Waals surface area contributed by atoms with Crippen LogP contribution < -0.4 is 4.74 Å². The minimum absolute atomic E-state index is 0.273. The third kappa shape index (κ3) is 3.09. The second kappa shape index (κ2) is 4.62. The van der Waals surface area contributed by atoms with E-state index in [9.17, 15) is 23.7 Å². The predicted octanol–water partition coefficient (Wildman–Crippen LogP) is 2.41. The number of alkyl halides is 2. The van der Waals surface area contributed by atoms with E-state index in [-0.39, 0.29) is 4.47 Å². The molecule has 0 aliphatic carbocycles. The van der Waals surface area contributed by atoms with Gasteiger partial charge in [0.05, 0.1) is 4.92 Å². The van der Waals surface area contributed by atoms with Crippen LogP contribution in [0.2, 0.25) is 0 Å². The van der Waals surface area contributed by atoms with Crippen LogP contribution >= 0.6 is 15.9 Å². The lowest BCUT2D eigenvalue weighted by Gasteiger charge is -2.13. The number of nitro groups is 1. The second-order valence-corrected chi connectivity index (χ2v) is 3.71. The van der Waals surface area contributed by atoms with E-state index in [4.69, 9.17) is 5.11 Å². The third-order valence-corrected chi connectivity index (χ3v) is 2.10. The van der Waals surface area contributed by atoms with E-state index in [2.05, 4.69) is 20.7 Å². The summed E-state index contributed by atoms with van der Waals surface area (Å²) in [6.07, 6.45) is -4.53. The van der Waals surface area contributed by atoms with Crippen LogP contribution in [0.1, 0.15) is 0 Å². The van der Waals surface area contributed by atoms with Crippen LogP contribution in [0.5, 0.6) is 5.75 Å². The van der Waals surface area contributed by atoms with Crippen LogP contribution in [0.4, 0.5) is 14.5 Å². The first-order valence-electron chi connectivity index (χ1n) is 3.98. The van der Waals surface area contributed by atoms with Crippen molar-refractivity contribution in [3.8, 4) is 5.75 Å². The van der Waals surface area contributed by atoms with Crippen molar-refractivity contribution >= 4 is 27.6 Å². The van der Waals surface area contributed by atoms with Gasteiger partial charge in [-0.3, -0.25) is 10.1 Å². The highest BCUT2D eigenvalue weighted by atomic mass is 79.9. The number of ether oxygens (including phenoxy) is 1. The zero-order valence-corrected chi connectivity index (χ0v) is 9.48. The van der Waals surface area contributed by atoms with Gasteiger partial charge in [0.1, 0.15) is 0 Å². The molecule has 6 nitrogen and oxygen atoms in total. The monoisotopic (exact) mass is 311 g/mol. The number of nitrogens with zero attached hydrogens (tertiary/aromatic N) is 1. The van der Waals surface area contributed by atoms with Gasteiger partial charge >= 0.3 is 17.8 Å². The Kier molecular flexibility index (Phi) is 3.61. The summed E-state index contributed by atoms with van der Waals surface area (Å²) >= 11 is 2.91. The highest BCUT2D eigenvalue weighted by Crippen LogP contribution is 2.33. The molecule has 9 heteroatoms. The van der Waals surface area contributed by atoms with Crippen molar-refractivity contribution in [3.05, 3.63) is 32.8 Å². The van der Waals surface area contributed by atoms with Crippen molar-refractivity contribution in [2.24, 2.45) is 0 Å². The summed E-state index contributed by atoms with van der Waals surface area (Å²) in [5.74, 6) is -3.36. The van der Waals surface area contributed by atoms with Crippen LogP contribution in [-0.4, -0.2) is 22.1 Å². The molecule has 0 amide bonds. The highest BCUT2D eigenvalue weighted by molar-refractivity contribution is 9.10. The molecule has 92 valence electrons. The largest absolute Gasteiger partial charge is 0.502 e. The average molecular weight is 312 g/mol. The molecule has 1 aromatic carbocycles. The second-order valence-electron chi connectivity index (χ2n) is 2.79. The van der Waals surface area contributed by atoms with Gasteiger partial charge in [0.25, 0.3) is 0 Å². The fourth-order valence-corrected chi connectivity index (χ4v) is 1.25. The van der Waals surface area contributed by atoms with E-state index in [1.807, 2.05) is 0 Å². The summed E-state index contributed by atoms with van der Waals surface area (Å²) in [5.41, 5.74) is -0.764. The maximum atomic E-state index is 12.7. The third-order valence-electron chi connectivity index (χ3n) is 1.60. The summed E-state index contributed by atoms with van der Waals surface area (Å²) in [7, 11) is 0. The van der Waals surface area contributed by atoms with Crippen molar-refractivity contribution in [3.63, 3.8) is 0 Å². The summed E-state index contributed by atoms with van der Waals surface area (Å²) in [6, 6.07) is 3.01. The first-order chi connectivity index (χ1) is 7.74. The first-order valence-corrected chi connectivity index (χ1v) is 4.77. The van der Waals surface area contributed by atoms with Crippen molar-refractivity contribution in [2.45, 2.75) is 6.11 Å². The molecule has 1 rings (SSSR count). The average Bonchev–Trinajstić information content (AvgIpc) is 2.19. The van der Waals surface area contributed by atoms with Crippen LogP contribution in [0.15, 0.2) is 22.7 Å². The lowest BCUT2D eigenvalue weighted by atomic mass is 10.3. The van der Waals surface area contributed by atoms with E-state index in [0.717, 1.165) is 12.1 Å². The molecule has 0 saturated heterocycles. The van der Waals surface area contributed by atoms with Crippen molar-refractivity contribution < 1.29 is 28.3 Å². The van der Waals surface area contributed by atoms with Gasteiger partial charge < -0.3 is 9.84 Å². The van der Waals surface area contributed by atoms with E-state index in [0.29, 0.717) is 0 Å². The Balaban J connectivity index is 3.15. The van der Waals surface area contributed by atoms with E-state index >= 15 is 0 Å². The molecule has 0 radical (unpaired) electrons. The Morgan fingerprint density at radius 3 is 2.59 bits per heavy atom. The fourth-order valence-electron chi connectivity index (χ4n) is 0.901. The molecule has 0 unspecified atom stereocenters. The Morgan fingerprint density at radius 2 is 2.12 bits per heavy atom. The molecule has 0 saturated carbocycles. The van der Waals surface area contributed by atoms with Gasteiger partial charge in [-0.05, 0) is 12.1 Å². The van der Waals surface area contributed by atoms with Crippen LogP contribution in [0, 0.1) is 10.1 Å². The minimum atomic E-state index is -4.53. The number of carboxylic acids is 1. The summed E-state index contributed by atoms with van der Waals surface area (Å²) < 4.78 is 29.5. The maximum absolute atomic E-state index is 12.7. The predicted molar refractivity (Wildman–Crippen MR) is 54.0 cm³/mol. The van der Waals surface area contributed by atoms with Crippen molar-refractivity contribution in [1.82, 2.24) is 0 Å². The van der Waals surface area contributed by atoms with Gasteiger partial charge in [-0.15, -0.1) is 0 Å². The topological polar surface area (TPSA) is 89.7 Å². The van der Waals surface area contributed by atoms with Crippen molar-refractivity contribution in [1.29, 1.82) is 0 Å². The molecule has 0 bridgehead atoms. The molecule has 0 aromatic heterocycles. The molecule has 17 heavy (non-hydrogen) atoms. The van der Waals surface area contributed by atoms with Gasteiger partial charge in [0, 0.05) is 10.5 Å². The summed E-state index contributed by atoms with van der Waals surface area (Å²) in [6.45, 7) is 0.